The molecule has 0 aliphatic carbocycles. The van der Waals surface area contributed by atoms with Crippen molar-refractivity contribution < 1.29 is 0 Å². The molecule has 0 radical (unpaired) electrons. The fourth-order valence-corrected chi connectivity index (χ4v) is 1.98. The summed E-state index contributed by atoms with van der Waals surface area (Å²) in [6.07, 6.45) is 0.901. The summed E-state index contributed by atoms with van der Waals surface area (Å²) >= 11 is 15.1. The Labute approximate surface area is 84.6 Å². The Morgan fingerprint density at radius 1 is 1.36 bits per heavy atom. The summed E-state index contributed by atoms with van der Waals surface area (Å²) in [7, 11) is 0. The van der Waals surface area contributed by atoms with Crippen molar-refractivity contribution in [1.29, 1.82) is 0 Å². The average Bonchev–Trinajstić information content (AvgIpc) is 1.96. The van der Waals surface area contributed by atoms with Crippen LogP contribution in [0.5, 0.6) is 0 Å². The summed E-state index contributed by atoms with van der Waals surface area (Å²) in [5, 5.41) is 1.48. The van der Waals surface area contributed by atoms with E-state index in [9.17, 15) is 0 Å². The van der Waals surface area contributed by atoms with Gasteiger partial charge in [0.2, 0.25) is 0 Å². The fourth-order valence-electron chi connectivity index (χ4n) is 0.867. The van der Waals surface area contributed by atoms with Crippen molar-refractivity contribution in [1.82, 2.24) is 0 Å². The van der Waals surface area contributed by atoms with Gasteiger partial charge in [0.15, 0.2) is 0 Å². The molecule has 11 heavy (non-hydrogen) atoms. The maximum Gasteiger partial charge on any atom is 0.0580 e. The lowest BCUT2D eigenvalue weighted by molar-refractivity contribution is 1.14. The van der Waals surface area contributed by atoms with Gasteiger partial charge in [-0.05, 0) is 40.0 Å². The summed E-state index contributed by atoms with van der Waals surface area (Å²) in [5.74, 6) is 0. The molecule has 1 aromatic rings. The maximum absolute atomic E-state index is 5.96. The SMILES string of the molecule is CCc1cc(Cl)cc(Br)c1Cl. The van der Waals surface area contributed by atoms with E-state index in [0.29, 0.717) is 0 Å². The van der Waals surface area contributed by atoms with Crippen molar-refractivity contribution >= 4 is 39.1 Å². The zero-order chi connectivity index (χ0) is 8.43. The number of hydrogen-bond donors (Lipinski definition) is 0. The normalized spacial score (nSPS) is 10.2. The van der Waals surface area contributed by atoms with Gasteiger partial charge < -0.3 is 0 Å². The fraction of sp³-hybridized carbons (Fsp3) is 0.250. The molecule has 0 unspecified atom stereocenters. The Hall–Kier alpha value is 0.280. The van der Waals surface area contributed by atoms with Crippen LogP contribution in [-0.2, 0) is 6.42 Å². The quantitative estimate of drug-likeness (QED) is 0.654. The zero-order valence-electron chi connectivity index (χ0n) is 6.00. The van der Waals surface area contributed by atoms with Crippen molar-refractivity contribution in [3.63, 3.8) is 0 Å². The van der Waals surface area contributed by atoms with Crippen LogP contribution in [0.25, 0.3) is 0 Å². The molecule has 0 spiro atoms. The van der Waals surface area contributed by atoms with Crippen molar-refractivity contribution in [2.24, 2.45) is 0 Å². The number of halogens is 3. The number of hydrogen-bond acceptors (Lipinski definition) is 0. The Bertz CT molecular complexity index is 271. The van der Waals surface area contributed by atoms with Crippen molar-refractivity contribution in [3.8, 4) is 0 Å². The monoisotopic (exact) mass is 252 g/mol. The largest absolute Gasteiger partial charge is 0.0843 e. The molecule has 0 amide bonds. The Balaban J connectivity index is 3.24. The van der Waals surface area contributed by atoms with Gasteiger partial charge in [0.1, 0.15) is 0 Å². The topological polar surface area (TPSA) is 0 Å². The van der Waals surface area contributed by atoms with Crippen molar-refractivity contribution in [2.45, 2.75) is 13.3 Å². The number of benzene rings is 1. The van der Waals surface area contributed by atoms with E-state index in [1.54, 1.807) is 6.07 Å². The number of rotatable bonds is 1. The molecule has 0 bridgehead atoms. The molecule has 0 saturated carbocycles. The van der Waals surface area contributed by atoms with Gasteiger partial charge in [0.05, 0.1) is 5.02 Å². The highest BCUT2D eigenvalue weighted by atomic mass is 79.9. The first-order chi connectivity index (χ1) is 5.15. The van der Waals surface area contributed by atoms with Crippen LogP contribution in [0.15, 0.2) is 16.6 Å². The van der Waals surface area contributed by atoms with Gasteiger partial charge in [-0.1, -0.05) is 30.1 Å². The van der Waals surface area contributed by atoms with Crippen LogP contribution in [0.4, 0.5) is 0 Å². The van der Waals surface area contributed by atoms with Gasteiger partial charge >= 0.3 is 0 Å². The second kappa shape index (κ2) is 3.79. The van der Waals surface area contributed by atoms with E-state index in [2.05, 4.69) is 15.9 Å². The maximum atomic E-state index is 5.96. The highest BCUT2D eigenvalue weighted by Crippen LogP contribution is 2.30. The molecule has 0 aromatic heterocycles. The Morgan fingerprint density at radius 3 is 2.55 bits per heavy atom. The molecule has 0 aliphatic rings. The van der Waals surface area contributed by atoms with E-state index >= 15 is 0 Å². The van der Waals surface area contributed by atoms with E-state index in [-0.39, 0.29) is 0 Å². The third kappa shape index (κ3) is 2.11. The molecular weight excluding hydrogens is 247 g/mol. The second-order valence-electron chi connectivity index (χ2n) is 2.21. The van der Waals surface area contributed by atoms with Crippen LogP contribution in [0, 0.1) is 0 Å². The van der Waals surface area contributed by atoms with Crippen LogP contribution < -0.4 is 0 Å². The molecular formula is C8H7BrCl2. The van der Waals surface area contributed by atoms with Crippen LogP contribution >= 0.6 is 39.1 Å². The van der Waals surface area contributed by atoms with Crippen LogP contribution in [0.2, 0.25) is 10.0 Å². The smallest absolute Gasteiger partial charge is 0.0580 e. The van der Waals surface area contributed by atoms with E-state index in [1.807, 2.05) is 13.0 Å². The molecule has 0 heterocycles. The van der Waals surface area contributed by atoms with Crippen molar-refractivity contribution in [3.05, 3.63) is 32.2 Å². The van der Waals surface area contributed by atoms with Gasteiger partial charge in [0, 0.05) is 9.50 Å². The standard InChI is InChI=1S/C8H7BrCl2/c1-2-5-3-6(10)4-7(9)8(5)11/h3-4H,2H2,1H3. The third-order valence-electron chi connectivity index (χ3n) is 1.45. The molecule has 0 fully saturated rings. The first-order valence-corrected chi connectivity index (χ1v) is 4.83. The Kier molecular flexibility index (Phi) is 3.23. The van der Waals surface area contributed by atoms with Gasteiger partial charge in [-0.3, -0.25) is 0 Å². The summed E-state index contributed by atoms with van der Waals surface area (Å²) in [6.45, 7) is 2.05. The molecule has 0 saturated heterocycles. The minimum atomic E-state index is 0.720. The third-order valence-corrected chi connectivity index (χ3v) is 2.97. The first kappa shape index (κ1) is 9.37. The van der Waals surface area contributed by atoms with E-state index in [4.69, 9.17) is 23.2 Å². The lowest BCUT2D eigenvalue weighted by Crippen LogP contribution is -1.82. The molecule has 0 N–H and O–H groups in total. The second-order valence-corrected chi connectivity index (χ2v) is 3.88. The molecule has 3 heteroatoms. The molecule has 0 nitrogen and oxygen atoms in total. The summed E-state index contributed by atoms with van der Waals surface area (Å²) < 4.78 is 0.864. The first-order valence-electron chi connectivity index (χ1n) is 3.28. The molecule has 1 aromatic carbocycles. The lowest BCUT2D eigenvalue weighted by atomic mass is 10.2. The summed E-state index contributed by atoms with van der Waals surface area (Å²) in [6, 6.07) is 3.68. The summed E-state index contributed by atoms with van der Waals surface area (Å²) in [5.41, 5.74) is 1.08. The predicted molar refractivity (Wildman–Crippen MR) is 53.5 cm³/mol. The minimum Gasteiger partial charge on any atom is -0.0843 e. The summed E-state index contributed by atoms with van der Waals surface area (Å²) in [4.78, 5) is 0. The van der Waals surface area contributed by atoms with Crippen LogP contribution in [-0.4, -0.2) is 0 Å². The molecule has 0 aliphatic heterocycles. The van der Waals surface area contributed by atoms with Crippen molar-refractivity contribution in [2.75, 3.05) is 0 Å². The van der Waals surface area contributed by atoms with Gasteiger partial charge in [-0.25, -0.2) is 0 Å². The van der Waals surface area contributed by atoms with Crippen LogP contribution in [0.1, 0.15) is 12.5 Å². The van der Waals surface area contributed by atoms with E-state index in [0.717, 1.165) is 26.5 Å². The van der Waals surface area contributed by atoms with E-state index < -0.39 is 0 Å². The molecule has 1 rings (SSSR count). The lowest BCUT2D eigenvalue weighted by Gasteiger charge is -2.03. The number of aryl methyl sites for hydroxylation is 1. The van der Waals surface area contributed by atoms with Gasteiger partial charge in [0.25, 0.3) is 0 Å². The zero-order valence-corrected chi connectivity index (χ0v) is 9.09. The predicted octanol–water partition coefficient (Wildman–Crippen LogP) is 4.32. The highest BCUT2D eigenvalue weighted by Gasteiger charge is 2.03. The van der Waals surface area contributed by atoms with Gasteiger partial charge in [-0.2, -0.15) is 0 Å². The minimum absolute atomic E-state index is 0.720. The van der Waals surface area contributed by atoms with E-state index in [1.165, 1.54) is 0 Å². The molecule has 0 atom stereocenters. The molecule has 60 valence electrons. The highest BCUT2D eigenvalue weighted by molar-refractivity contribution is 9.10. The van der Waals surface area contributed by atoms with Gasteiger partial charge in [-0.15, -0.1) is 0 Å². The Morgan fingerprint density at radius 2 is 2.00 bits per heavy atom. The van der Waals surface area contributed by atoms with Crippen LogP contribution in [0.3, 0.4) is 0 Å². The average molecular weight is 254 g/mol.